The first-order valence-electron chi connectivity index (χ1n) is 5.57. The Balaban J connectivity index is 2.25. The van der Waals surface area contributed by atoms with Gasteiger partial charge in [0.2, 0.25) is 0 Å². The van der Waals surface area contributed by atoms with E-state index in [1.54, 1.807) is 12.3 Å². The van der Waals surface area contributed by atoms with Crippen LogP contribution in [0, 0.1) is 0 Å². The highest BCUT2D eigenvalue weighted by atomic mass is 79.9. The van der Waals surface area contributed by atoms with Crippen molar-refractivity contribution in [2.75, 3.05) is 5.32 Å². The number of anilines is 1. The number of nitrogens with zero attached hydrogens (tertiary/aromatic N) is 1. The summed E-state index contributed by atoms with van der Waals surface area (Å²) in [7, 11) is 0. The highest BCUT2D eigenvalue weighted by molar-refractivity contribution is 9.10. The predicted octanol–water partition coefficient (Wildman–Crippen LogP) is 4.08. The molecule has 1 unspecified atom stereocenters. The molecule has 0 fully saturated rings. The maximum Gasteiger partial charge on any atom is 0.152 e. The van der Waals surface area contributed by atoms with Crippen LogP contribution in [0.1, 0.15) is 18.5 Å². The van der Waals surface area contributed by atoms with Crippen molar-refractivity contribution >= 4 is 33.2 Å². The molecule has 1 aromatic heterocycles. The lowest BCUT2D eigenvalue weighted by Gasteiger charge is -2.17. The topological polar surface area (TPSA) is 65.4 Å². The minimum atomic E-state index is -0.186. The number of hydrogen-bond acceptors (Lipinski definition) is 4. The Morgan fingerprint density at radius 2 is 2.05 bits per heavy atom. The van der Waals surface area contributed by atoms with Crippen molar-refractivity contribution in [3.63, 3.8) is 0 Å². The van der Waals surface area contributed by atoms with Gasteiger partial charge in [-0.1, -0.05) is 11.6 Å². The molecule has 0 radical (unpaired) electrons. The Hall–Kier alpha value is -1.46. The summed E-state index contributed by atoms with van der Waals surface area (Å²) in [4.78, 5) is 4.02. The summed E-state index contributed by atoms with van der Waals surface area (Å²) in [5.41, 5.74) is 1.32. The number of phenols is 2. The van der Waals surface area contributed by atoms with Gasteiger partial charge in [-0.2, -0.15) is 0 Å². The molecule has 1 aromatic carbocycles. The molecular weight excluding hydrogens is 332 g/mol. The van der Waals surface area contributed by atoms with Crippen molar-refractivity contribution < 1.29 is 10.2 Å². The van der Waals surface area contributed by atoms with Crippen LogP contribution in [0.2, 0.25) is 5.15 Å². The van der Waals surface area contributed by atoms with Gasteiger partial charge in [-0.05, 0) is 41.1 Å². The van der Waals surface area contributed by atoms with Gasteiger partial charge in [0.05, 0.1) is 11.7 Å². The maximum absolute atomic E-state index is 9.81. The van der Waals surface area contributed by atoms with E-state index in [1.165, 1.54) is 12.1 Å². The third kappa shape index (κ3) is 3.30. The minimum Gasteiger partial charge on any atom is -0.508 e. The van der Waals surface area contributed by atoms with E-state index in [4.69, 9.17) is 11.6 Å². The molecule has 1 heterocycles. The van der Waals surface area contributed by atoms with Crippen LogP contribution in [0.4, 0.5) is 5.69 Å². The summed E-state index contributed by atoms with van der Waals surface area (Å²) in [6, 6.07) is 6.10. The minimum absolute atomic E-state index is 0.0237. The first kappa shape index (κ1) is 14.0. The van der Waals surface area contributed by atoms with Crippen molar-refractivity contribution in [3.05, 3.63) is 45.7 Å². The van der Waals surface area contributed by atoms with Crippen molar-refractivity contribution in [1.82, 2.24) is 4.98 Å². The fraction of sp³-hybridized carbons (Fsp3) is 0.154. The number of aromatic nitrogens is 1. The summed E-state index contributed by atoms with van der Waals surface area (Å²) in [5, 5.41) is 22.6. The zero-order valence-electron chi connectivity index (χ0n) is 10.1. The second-order valence-electron chi connectivity index (χ2n) is 4.10. The van der Waals surface area contributed by atoms with Crippen molar-refractivity contribution in [2.45, 2.75) is 13.0 Å². The van der Waals surface area contributed by atoms with Crippen LogP contribution in [0.15, 0.2) is 34.9 Å². The summed E-state index contributed by atoms with van der Waals surface area (Å²) in [6.07, 6.45) is 1.61. The molecule has 0 amide bonds. The third-order valence-corrected chi connectivity index (χ3v) is 3.39. The van der Waals surface area contributed by atoms with Gasteiger partial charge < -0.3 is 15.5 Å². The molecule has 1 atom stereocenters. The number of hydrogen-bond donors (Lipinski definition) is 3. The van der Waals surface area contributed by atoms with Crippen LogP contribution in [0.5, 0.6) is 11.5 Å². The van der Waals surface area contributed by atoms with Gasteiger partial charge in [0, 0.05) is 22.3 Å². The average molecular weight is 344 g/mol. The summed E-state index contributed by atoms with van der Waals surface area (Å²) in [5.74, 6) is 0.0506. The van der Waals surface area contributed by atoms with E-state index < -0.39 is 0 Å². The zero-order chi connectivity index (χ0) is 14.0. The second kappa shape index (κ2) is 5.67. The molecule has 2 aromatic rings. The molecule has 0 aliphatic carbocycles. The van der Waals surface area contributed by atoms with Gasteiger partial charge >= 0.3 is 0 Å². The predicted molar refractivity (Wildman–Crippen MR) is 78.8 cm³/mol. The number of rotatable bonds is 3. The Labute approximate surface area is 124 Å². The quantitative estimate of drug-likeness (QED) is 0.735. The van der Waals surface area contributed by atoms with E-state index in [-0.39, 0.29) is 17.5 Å². The number of pyridine rings is 1. The van der Waals surface area contributed by atoms with Gasteiger partial charge in [0.25, 0.3) is 0 Å². The number of aromatic hydroxyl groups is 2. The van der Waals surface area contributed by atoms with Gasteiger partial charge in [-0.15, -0.1) is 0 Å². The normalized spacial score (nSPS) is 12.2. The van der Waals surface area contributed by atoms with E-state index in [2.05, 4.69) is 26.2 Å². The fourth-order valence-electron chi connectivity index (χ4n) is 1.73. The zero-order valence-corrected chi connectivity index (χ0v) is 12.4. The van der Waals surface area contributed by atoms with Gasteiger partial charge in [-0.3, -0.25) is 0 Å². The molecule has 0 saturated carbocycles. The summed E-state index contributed by atoms with van der Waals surface area (Å²) >= 11 is 9.32. The largest absolute Gasteiger partial charge is 0.508 e. The lowest BCUT2D eigenvalue weighted by Crippen LogP contribution is -2.07. The highest BCUT2D eigenvalue weighted by Gasteiger charge is 2.13. The SMILES string of the molecule is CC(Nc1cc(Br)cnc1Cl)c1ccc(O)cc1O. The van der Waals surface area contributed by atoms with Crippen molar-refractivity contribution in [3.8, 4) is 11.5 Å². The molecule has 0 aliphatic heterocycles. The van der Waals surface area contributed by atoms with Crippen LogP contribution in [0.25, 0.3) is 0 Å². The van der Waals surface area contributed by atoms with E-state index in [9.17, 15) is 10.2 Å². The molecule has 3 N–H and O–H groups in total. The molecular formula is C13H12BrClN2O2. The second-order valence-corrected chi connectivity index (χ2v) is 5.37. The summed E-state index contributed by atoms with van der Waals surface area (Å²) < 4.78 is 0.807. The Morgan fingerprint density at radius 3 is 2.74 bits per heavy atom. The Bertz CT molecular complexity index is 607. The van der Waals surface area contributed by atoms with Gasteiger partial charge in [-0.25, -0.2) is 4.98 Å². The average Bonchev–Trinajstić information content (AvgIpc) is 2.33. The van der Waals surface area contributed by atoms with Crippen molar-refractivity contribution in [2.24, 2.45) is 0 Å². The molecule has 19 heavy (non-hydrogen) atoms. The van der Waals surface area contributed by atoms with Crippen LogP contribution in [-0.4, -0.2) is 15.2 Å². The van der Waals surface area contributed by atoms with E-state index in [1.807, 2.05) is 13.0 Å². The van der Waals surface area contributed by atoms with E-state index in [0.29, 0.717) is 16.4 Å². The molecule has 2 rings (SSSR count). The van der Waals surface area contributed by atoms with E-state index >= 15 is 0 Å². The molecule has 0 spiro atoms. The summed E-state index contributed by atoms with van der Waals surface area (Å²) in [6.45, 7) is 1.88. The Kier molecular flexibility index (Phi) is 4.17. The molecule has 4 nitrogen and oxygen atoms in total. The molecule has 0 bridgehead atoms. The molecule has 100 valence electrons. The lowest BCUT2D eigenvalue weighted by atomic mass is 10.1. The number of phenolic OH excluding ortho intramolecular Hbond substituents is 2. The lowest BCUT2D eigenvalue weighted by molar-refractivity contribution is 0.444. The number of halogens is 2. The van der Waals surface area contributed by atoms with E-state index in [0.717, 1.165) is 4.47 Å². The van der Waals surface area contributed by atoms with Crippen LogP contribution < -0.4 is 5.32 Å². The fourth-order valence-corrected chi connectivity index (χ4v) is 2.22. The monoisotopic (exact) mass is 342 g/mol. The Morgan fingerprint density at radius 1 is 1.32 bits per heavy atom. The first-order valence-corrected chi connectivity index (χ1v) is 6.74. The highest BCUT2D eigenvalue weighted by Crippen LogP contribution is 2.32. The number of nitrogens with one attached hydrogen (secondary N) is 1. The van der Waals surface area contributed by atoms with Crippen LogP contribution >= 0.6 is 27.5 Å². The molecule has 0 saturated heterocycles. The number of benzene rings is 1. The first-order chi connectivity index (χ1) is 8.97. The molecule has 6 heteroatoms. The molecule has 0 aliphatic rings. The van der Waals surface area contributed by atoms with Gasteiger partial charge in [0.1, 0.15) is 11.5 Å². The maximum atomic E-state index is 9.81. The van der Waals surface area contributed by atoms with Crippen molar-refractivity contribution in [1.29, 1.82) is 0 Å². The third-order valence-electron chi connectivity index (χ3n) is 2.66. The van der Waals surface area contributed by atoms with Crippen LogP contribution in [0.3, 0.4) is 0 Å². The standard InChI is InChI=1S/C13H12BrClN2O2/c1-7(10-3-2-9(18)5-12(10)19)17-11-4-8(14)6-16-13(11)15/h2-7,17-19H,1H3. The van der Waals surface area contributed by atoms with Gasteiger partial charge in [0.15, 0.2) is 5.15 Å². The van der Waals surface area contributed by atoms with Crippen LogP contribution in [-0.2, 0) is 0 Å². The smallest absolute Gasteiger partial charge is 0.152 e.